The molecule has 1 heterocycles. The van der Waals surface area contributed by atoms with E-state index in [1.807, 2.05) is 6.92 Å². The highest BCUT2D eigenvalue weighted by atomic mass is 19.1. The van der Waals surface area contributed by atoms with Crippen LogP contribution in [0.1, 0.15) is 24.8 Å². The van der Waals surface area contributed by atoms with Crippen LogP contribution in [0.4, 0.5) is 14.5 Å². The van der Waals surface area contributed by atoms with Crippen LogP contribution in [0.3, 0.4) is 0 Å². The molecule has 16 heavy (non-hydrogen) atoms. The second kappa shape index (κ2) is 3.03. The lowest BCUT2D eigenvalue weighted by molar-refractivity contribution is -0.119. The maximum absolute atomic E-state index is 13.6. The van der Waals surface area contributed by atoms with Gasteiger partial charge in [0, 0.05) is 12.0 Å². The van der Waals surface area contributed by atoms with Crippen LogP contribution < -0.4 is 5.32 Å². The Morgan fingerprint density at radius 2 is 2.12 bits per heavy atom. The maximum Gasteiger partial charge on any atom is 0.227 e. The summed E-state index contributed by atoms with van der Waals surface area (Å²) in [4.78, 5) is 11.7. The van der Waals surface area contributed by atoms with Crippen LogP contribution in [0.15, 0.2) is 12.1 Å². The number of rotatable bonds is 0. The largest absolute Gasteiger partial charge is 0.323 e. The second-order valence-corrected chi connectivity index (χ2v) is 4.64. The molecule has 3 rings (SSSR count). The molecule has 2 aliphatic rings. The van der Waals surface area contributed by atoms with Crippen molar-refractivity contribution in [1.29, 1.82) is 0 Å². The number of nitrogens with one attached hydrogen (secondary N) is 1. The minimum atomic E-state index is -0.678. The maximum atomic E-state index is 13.6. The van der Waals surface area contributed by atoms with E-state index in [0.29, 0.717) is 5.56 Å². The van der Waals surface area contributed by atoms with E-state index in [2.05, 4.69) is 5.32 Å². The molecule has 1 aliphatic carbocycles. The molecule has 1 aliphatic heterocycles. The summed E-state index contributed by atoms with van der Waals surface area (Å²) in [6.07, 6.45) is 0.852. The first-order chi connectivity index (χ1) is 7.58. The first kappa shape index (κ1) is 9.75. The van der Waals surface area contributed by atoms with E-state index in [9.17, 15) is 13.6 Å². The highest BCUT2D eigenvalue weighted by Gasteiger charge is 2.48. The van der Waals surface area contributed by atoms with Crippen LogP contribution in [0, 0.1) is 23.5 Å². The van der Waals surface area contributed by atoms with Crippen molar-refractivity contribution >= 4 is 11.6 Å². The fraction of sp³-hybridized carbons (Fsp3) is 0.417. The monoisotopic (exact) mass is 223 g/mol. The molecule has 84 valence electrons. The van der Waals surface area contributed by atoms with Gasteiger partial charge in [-0.3, -0.25) is 4.79 Å². The van der Waals surface area contributed by atoms with E-state index in [4.69, 9.17) is 0 Å². The smallest absolute Gasteiger partial charge is 0.227 e. The molecule has 1 saturated carbocycles. The number of anilines is 1. The van der Waals surface area contributed by atoms with Gasteiger partial charge in [0.2, 0.25) is 5.91 Å². The Morgan fingerprint density at radius 1 is 1.38 bits per heavy atom. The Labute approximate surface area is 91.7 Å². The number of benzene rings is 1. The van der Waals surface area contributed by atoms with Crippen molar-refractivity contribution in [2.45, 2.75) is 19.3 Å². The number of fused-ring (bicyclic) bond motifs is 3. The summed E-state index contributed by atoms with van der Waals surface area (Å²) in [5.41, 5.74) is 0.781. The third kappa shape index (κ3) is 1.25. The molecule has 4 heteroatoms. The molecule has 1 aromatic rings. The molecule has 0 saturated heterocycles. The molecule has 0 bridgehead atoms. The van der Waals surface area contributed by atoms with Crippen molar-refractivity contribution in [3.05, 3.63) is 29.3 Å². The predicted octanol–water partition coefficient (Wildman–Crippen LogP) is 2.66. The molecule has 0 spiro atoms. The molecule has 0 aromatic heterocycles. The summed E-state index contributed by atoms with van der Waals surface area (Å²) in [6.45, 7) is 1.83. The quantitative estimate of drug-likeness (QED) is 0.719. The van der Waals surface area contributed by atoms with Gasteiger partial charge in [-0.25, -0.2) is 8.78 Å². The zero-order valence-corrected chi connectivity index (χ0v) is 8.76. The molecule has 1 amide bonds. The number of amides is 1. The molecular formula is C12H11F2NO. The third-order valence-corrected chi connectivity index (χ3v) is 3.63. The Kier molecular flexibility index (Phi) is 1.85. The van der Waals surface area contributed by atoms with Crippen LogP contribution >= 0.6 is 0 Å². The average Bonchev–Trinajstić information content (AvgIpc) is 2.99. The van der Waals surface area contributed by atoms with Gasteiger partial charge in [-0.2, -0.15) is 0 Å². The third-order valence-electron chi connectivity index (χ3n) is 3.63. The molecule has 2 nitrogen and oxygen atoms in total. The van der Waals surface area contributed by atoms with Crippen molar-refractivity contribution in [1.82, 2.24) is 0 Å². The van der Waals surface area contributed by atoms with E-state index in [-0.39, 0.29) is 29.3 Å². The first-order valence-electron chi connectivity index (χ1n) is 5.37. The van der Waals surface area contributed by atoms with Gasteiger partial charge in [0.1, 0.15) is 11.6 Å². The topological polar surface area (TPSA) is 29.1 Å². The summed E-state index contributed by atoms with van der Waals surface area (Å²) in [6, 6.07) is 2.15. The summed E-state index contributed by atoms with van der Waals surface area (Å²) in [5.74, 6) is -1.18. The van der Waals surface area contributed by atoms with Crippen molar-refractivity contribution < 1.29 is 13.6 Å². The molecule has 1 N–H and O–H groups in total. The molecule has 1 fully saturated rings. The van der Waals surface area contributed by atoms with Crippen LogP contribution in [0.5, 0.6) is 0 Å². The fourth-order valence-electron chi connectivity index (χ4n) is 2.57. The molecule has 3 atom stereocenters. The summed E-state index contributed by atoms with van der Waals surface area (Å²) in [5, 5.41) is 2.55. The number of hydrogen-bond acceptors (Lipinski definition) is 1. The predicted molar refractivity (Wildman–Crippen MR) is 55.0 cm³/mol. The normalized spacial score (nSPS) is 31.2. The van der Waals surface area contributed by atoms with Crippen molar-refractivity contribution in [3.8, 4) is 0 Å². The molecule has 1 unspecified atom stereocenters. The molecule has 1 aromatic carbocycles. The number of hydrogen-bond donors (Lipinski definition) is 1. The van der Waals surface area contributed by atoms with Gasteiger partial charge in [0.15, 0.2) is 0 Å². The lowest BCUT2D eigenvalue weighted by Crippen LogP contribution is -2.21. The molecule has 0 radical (unpaired) electrons. The fourth-order valence-corrected chi connectivity index (χ4v) is 2.57. The van der Waals surface area contributed by atoms with E-state index in [0.717, 1.165) is 12.5 Å². The Bertz CT molecular complexity index is 486. The Morgan fingerprint density at radius 3 is 2.88 bits per heavy atom. The summed E-state index contributed by atoms with van der Waals surface area (Å²) in [7, 11) is 0. The number of carbonyl (C=O) groups is 1. The van der Waals surface area contributed by atoms with Crippen LogP contribution in [0.25, 0.3) is 0 Å². The van der Waals surface area contributed by atoms with E-state index < -0.39 is 11.6 Å². The standard InChI is InChI=1S/C12H11F2NO/c1-5-7-4-8(7)9-2-6(13)3-10(14)11(9)15-12(5)16/h2-3,5,7-8H,4H2,1H3,(H,15,16)/t5-,7?,8-/m1/s1. The minimum absolute atomic E-state index is 0.125. The SMILES string of the molecule is C[C@H]1C(=O)Nc2c(F)cc(F)cc2[C@@H]2CC12. The van der Waals surface area contributed by atoms with Gasteiger partial charge in [-0.15, -0.1) is 0 Å². The lowest BCUT2D eigenvalue weighted by Gasteiger charge is -2.10. The lowest BCUT2D eigenvalue weighted by atomic mass is 10.0. The van der Waals surface area contributed by atoms with E-state index >= 15 is 0 Å². The van der Waals surface area contributed by atoms with Gasteiger partial charge in [0.25, 0.3) is 0 Å². The Balaban J connectivity index is 2.15. The highest BCUT2D eigenvalue weighted by Crippen LogP contribution is 2.56. The van der Waals surface area contributed by atoms with Gasteiger partial charge in [-0.1, -0.05) is 6.92 Å². The second-order valence-electron chi connectivity index (χ2n) is 4.64. The number of halogens is 2. The van der Waals surface area contributed by atoms with Crippen LogP contribution in [0.2, 0.25) is 0 Å². The zero-order chi connectivity index (χ0) is 11.4. The Hall–Kier alpha value is -1.45. The van der Waals surface area contributed by atoms with Crippen molar-refractivity contribution in [2.75, 3.05) is 5.32 Å². The van der Waals surface area contributed by atoms with Gasteiger partial charge < -0.3 is 5.32 Å². The summed E-state index contributed by atoms with van der Waals surface area (Å²) >= 11 is 0. The van der Waals surface area contributed by atoms with Gasteiger partial charge >= 0.3 is 0 Å². The van der Waals surface area contributed by atoms with E-state index in [1.165, 1.54) is 6.07 Å². The van der Waals surface area contributed by atoms with Crippen LogP contribution in [-0.4, -0.2) is 5.91 Å². The van der Waals surface area contributed by atoms with Crippen molar-refractivity contribution in [2.24, 2.45) is 11.8 Å². The van der Waals surface area contributed by atoms with Gasteiger partial charge in [0.05, 0.1) is 5.69 Å². The average molecular weight is 223 g/mol. The minimum Gasteiger partial charge on any atom is -0.323 e. The molecular weight excluding hydrogens is 212 g/mol. The number of carbonyl (C=O) groups excluding carboxylic acids is 1. The highest BCUT2D eigenvalue weighted by molar-refractivity contribution is 5.95. The van der Waals surface area contributed by atoms with Gasteiger partial charge in [-0.05, 0) is 29.9 Å². The first-order valence-corrected chi connectivity index (χ1v) is 5.37. The van der Waals surface area contributed by atoms with Crippen molar-refractivity contribution in [3.63, 3.8) is 0 Å². The van der Waals surface area contributed by atoms with Crippen LogP contribution in [-0.2, 0) is 4.79 Å². The zero-order valence-electron chi connectivity index (χ0n) is 8.76. The van der Waals surface area contributed by atoms with E-state index in [1.54, 1.807) is 0 Å². The summed E-state index contributed by atoms with van der Waals surface area (Å²) < 4.78 is 26.7.